The molecule has 0 saturated carbocycles. The molecule has 0 aliphatic carbocycles. The predicted molar refractivity (Wildman–Crippen MR) is 139 cm³/mol. The summed E-state index contributed by atoms with van der Waals surface area (Å²) in [5, 5.41) is 12.2. The van der Waals surface area contributed by atoms with Gasteiger partial charge in [0.05, 0.1) is 18.5 Å². The average molecular weight is 476 g/mol. The van der Waals surface area contributed by atoms with Crippen LogP contribution < -0.4 is 16.1 Å². The summed E-state index contributed by atoms with van der Waals surface area (Å²) in [6.07, 6.45) is 3.42. The smallest absolute Gasteiger partial charge is 0.261 e. The third-order valence-electron chi connectivity index (χ3n) is 6.49. The molecular weight excluding hydrogens is 442 g/mol. The van der Waals surface area contributed by atoms with Crippen LogP contribution in [0.5, 0.6) is 0 Å². The number of aliphatic hydroxyl groups excluding tert-OH is 1. The Morgan fingerprint density at radius 1 is 0.971 bits per heavy atom. The lowest BCUT2D eigenvalue weighted by Crippen LogP contribution is -2.68. The number of rotatable bonds is 8. The zero-order valence-corrected chi connectivity index (χ0v) is 21.2. The number of nitrogens with two attached hydrogens (primary N) is 1. The monoisotopic (exact) mass is 475 g/mol. The quantitative estimate of drug-likeness (QED) is 0.380. The number of anilines is 1. The van der Waals surface area contributed by atoms with Crippen LogP contribution in [0.3, 0.4) is 0 Å². The highest BCUT2D eigenvalue weighted by atomic mass is 28.4. The SMILES string of the molecule is CC(O[Si](c1ccccc1)(c1ccccc1)C(C)(C)C)C(CCO)n1cnc2c(N)ncnc21. The third-order valence-corrected chi connectivity index (χ3v) is 11.6. The molecule has 0 aliphatic heterocycles. The number of fused-ring (bicyclic) bond motifs is 1. The lowest BCUT2D eigenvalue weighted by atomic mass is 10.1. The van der Waals surface area contributed by atoms with Crippen LogP contribution in [0.4, 0.5) is 5.82 Å². The van der Waals surface area contributed by atoms with E-state index < -0.39 is 8.32 Å². The Kier molecular flexibility index (Phi) is 6.83. The van der Waals surface area contributed by atoms with Crippen molar-refractivity contribution in [3.8, 4) is 0 Å². The van der Waals surface area contributed by atoms with Gasteiger partial charge in [0.1, 0.15) is 11.8 Å². The molecule has 2 atom stereocenters. The second-order valence-corrected chi connectivity index (χ2v) is 13.9. The summed E-state index contributed by atoms with van der Waals surface area (Å²) in [7, 11) is -2.77. The molecule has 0 spiro atoms. The van der Waals surface area contributed by atoms with Gasteiger partial charge in [-0.2, -0.15) is 0 Å². The molecular formula is C26H33N5O2Si. The van der Waals surface area contributed by atoms with Crippen LogP contribution in [0.15, 0.2) is 73.3 Å². The van der Waals surface area contributed by atoms with Gasteiger partial charge in [-0.25, -0.2) is 15.0 Å². The zero-order valence-electron chi connectivity index (χ0n) is 20.2. The van der Waals surface area contributed by atoms with Crippen molar-refractivity contribution in [1.29, 1.82) is 0 Å². The number of nitrogens with zero attached hydrogens (tertiary/aromatic N) is 4. The van der Waals surface area contributed by atoms with E-state index in [1.54, 1.807) is 6.33 Å². The molecule has 3 N–H and O–H groups in total. The fraction of sp³-hybridized carbons (Fsp3) is 0.346. The first-order valence-electron chi connectivity index (χ1n) is 11.6. The van der Waals surface area contributed by atoms with Crippen molar-refractivity contribution in [2.45, 2.75) is 51.3 Å². The minimum atomic E-state index is -2.77. The summed E-state index contributed by atoms with van der Waals surface area (Å²) in [5.41, 5.74) is 7.23. The number of imidazole rings is 1. The molecule has 2 heterocycles. The fourth-order valence-electron chi connectivity index (χ4n) is 4.89. The molecule has 0 saturated heterocycles. The second kappa shape index (κ2) is 9.66. The lowest BCUT2D eigenvalue weighted by Gasteiger charge is -2.46. The van der Waals surface area contributed by atoms with E-state index in [2.05, 4.69) is 91.2 Å². The first-order chi connectivity index (χ1) is 16.3. The van der Waals surface area contributed by atoms with Crippen molar-refractivity contribution >= 4 is 35.7 Å². The van der Waals surface area contributed by atoms with Crippen molar-refractivity contribution in [2.75, 3.05) is 12.3 Å². The summed E-state index contributed by atoms with van der Waals surface area (Å²) in [4.78, 5) is 12.9. The lowest BCUT2D eigenvalue weighted by molar-refractivity contribution is 0.123. The van der Waals surface area contributed by atoms with Gasteiger partial charge in [-0.3, -0.25) is 0 Å². The van der Waals surface area contributed by atoms with Gasteiger partial charge >= 0.3 is 0 Å². The normalized spacial score (nSPS) is 14.3. The number of aliphatic hydroxyl groups is 1. The van der Waals surface area contributed by atoms with Crippen LogP contribution in [0.25, 0.3) is 11.2 Å². The predicted octanol–water partition coefficient (Wildman–Crippen LogP) is 3.30. The first kappa shape index (κ1) is 24.1. The van der Waals surface area contributed by atoms with Gasteiger partial charge in [-0.05, 0) is 28.8 Å². The van der Waals surface area contributed by atoms with E-state index in [0.29, 0.717) is 23.4 Å². The third kappa shape index (κ3) is 4.24. The number of aromatic nitrogens is 4. The number of benzene rings is 2. The topological polar surface area (TPSA) is 99.1 Å². The molecule has 4 aromatic rings. The molecule has 2 aromatic heterocycles. The van der Waals surface area contributed by atoms with E-state index in [1.807, 2.05) is 16.7 Å². The van der Waals surface area contributed by atoms with Crippen molar-refractivity contribution in [3.05, 3.63) is 73.3 Å². The number of hydrogen-bond donors (Lipinski definition) is 2. The van der Waals surface area contributed by atoms with Gasteiger partial charge in [-0.1, -0.05) is 81.4 Å². The fourth-order valence-corrected chi connectivity index (χ4v) is 9.62. The minimum Gasteiger partial charge on any atom is -0.403 e. The maximum absolute atomic E-state index is 9.97. The largest absolute Gasteiger partial charge is 0.403 e. The van der Waals surface area contributed by atoms with Crippen molar-refractivity contribution < 1.29 is 9.53 Å². The Morgan fingerprint density at radius 3 is 2.09 bits per heavy atom. The van der Waals surface area contributed by atoms with Crippen LogP contribution in [-0.4, -0.2) is 45.7 Å². The van der Waals surface area contributed by atoms with E-state index in [1.165, 1.54) is 16.7 Å². The van der Waals surface area contributed by atoms with Crippen LogP contribution in [0.1, 0.15) is 40.2 Å². The van der Waals surface area contributed by atoms with E-state index in [0.717, 1.165) is 0 Å². The van der Waals surface area contributed by atoms with E-state index >= 15 is 0 Å². The summed E-state index contributed by atoms with van der Waals surface area (Å²) in [6, 6.07) is 20.9. The highest BCUT2D eigenvalue weighted by Crippen LogP contribution is 2.39. The first-order valence-corrected chi connectivity index (χ1v) is 13.5. The van der Waals surface area contributed by atoms with Gasteiger partial charge in [0.15, 0.2) is 11.5 Å². The minimum absolute atomic E-state index is 0.0132. The summed E-state index contributed by atoms with van der Waals surface area (Å²) >= 11 is 0. The molecule has 0 aliphatic rings. The molecule has 0 radical (unpaired) electrons. The average Bonchev–Trinajstić information content (AvgIpc) is 3.26. The van der Waals surface area contributed by atoms with Crippen LogP contribution >= 0.6 is 0 Å². The molecule has 7 nitrogen and oxygen atoms in total. The van der Waals surface area contributed by atoms with Crippen LogP contribution in [-0.2, 0) is 4.43 Å². The maximum atomic E-state index is 9.97. The number of hydrogen-bond acceptors (Lipinski definition) is 6. The van der Waals surface area contributed by atoms with Gasteiger partial charge in [0.25, 0.3) is 8.32 Å². The Labute approximate surface area is 201 Å². The molecule has 8 heteroatoms. The van der Waals surface area contributed by atoms with Crippen molar-refractivity contribution in [2.24, 2.45) is 0 Å². The molecule has 0 fully saturated rings. The molecule has 0 bridgehead atoms. The van der Waals surface area contributed by atoms with Gasteiger partial charge in [-0.15, -0.1) is 0 Å². The standard InChI is InChI=1S/C26H33N5O2Si/c1-19(22(15-16-32)31-18-30-23-24(27)28-17-29-25(23)31)33-34(26(2,3)4,20-11-7-5-8-12-20)21-13-9-6-10-14-21/h5-14,17-19,22,32H,15-16H2,1-4H3,(H2,27,28,29). The van der Waals surface area contributed by atoms with E-state index in [9.17, 15) is 5.11 Å². The number of nitrogen functional groups attached to an aromatic ring is 1. The van der Waals surface area contributed by atoms with E-state index in [4.69, 9.17) is 10.2 Å². The van der Waals surface area contributed by atoms with Gasteiger partial charge in [0.2, 0.25) is 0 Å². The molecule has 178 valence electrons. The second-order valence-electron chi connectivity index (χ2n) is 9.65. The van der Waals surface area contributed by atoms with Gasteiger partial charge < -0.3 is 19.8 Å². The highest BCUT2D eigenvalue weighted by Gasteiger charge is 2.51. The van der Waals surface area contributed by atoms with Gasteiger partial charge in [0, 0.05) is 6.61 Å². The Balaban J connectivity index is 1.85. The Bertz CT molecular complexity index is 1180. The molecule has 2 aromatic carbocycles. The van der Waals surface area contributed by atoms with Crippen LogP contribution in [0.2, 0.25) is 5.04 Å². The summed E-state index contributed by atoms with van der Waals surface area (Å²) in [5.74, 6) is 0.340. The Morgan fingerprint density at radius 2 is 1.56 bits per heavy atom. The Hall–Kier alpha value is -3.07. The van der Waals surface area contributed by atoms with Crippen LogP contribution in [0, 0.1) is 0 Å². The maximum Gasteiger partial charge on any atom is 0.261 e. The summed E-state index contributed by atoms with van der Waals surface area (Å²) < 4.78 is 9.26. The van der Waals surface area contributed by atoms with E-state index in [-0.39, 0.29) is 23.8 Å². The zero-order chi connectivity index (χ0) is 24.3. The highest BCUT2D eigenvalue weighted by molar-refractivity contribution is 6.99. The molecule has 4 rings (SSSR count). The molecule has 2 unspecified atom stereocenters. The summed E-state index contributed by atoms with van der Waals surface area (Å²) in [6.45, 7) is 8.87. The van der Waals surface area contributed by atoms with Crippen molar-refractivity contribution in [1.82, 2.24) is 19.5 Å². The molecule has 34 heavy (non-hydrogen) atoms. The molecule has 0 amide bonds. The van der Waals surface area contributed by atoms with Crippen molar-refractivity contribution in [3.63, 3.8) is 0 Å².